The van der Waals surface area contributed by atoms with E-state index in [-0.39, 0.29) is 5.82 Å². The number of piperidine rings is 1. The van der Waals surface area contributed by atoms with Crippen LogP contribution in [0.2, 0.25) is 0 Å². The summed E-state index contributed by atoms with van der Waals surface area (Å²) in [6.45, 7) is 5.57. The maximum atomic E-state index is 13.2. The monoisotopic (exact) mass is 336 g/mol. The molecule has 0 unspecified atom stereocenters. The zero-order chi connectivity index (χ0) is 17.2. The predicted molar refractivity (Wildman–Crippen MR) is 95.6 cm³/mol. The van der Waals surface area contributed by atoms with E-state index in [9.17, 15) is 4.39 Å². The van der Waals surface area contributed by atoms with E-state index in [1.807, 2.05) is 6.07 Å². The van der Waals surface area contributed by atoms with Gasteiger partial charge in [-0.2, -0.15) is 0 Å². The molecular weight excluding hydrogens is 307 g/mol. The third-order valence-corrected chi connectivity index (χ3v) is 4.45. The van der Waals surface area contributed by atoms with Crippen molar-refractivity contribution in [2.75, 3.05) is 46.9 Å². The molecule has 2 rings (SSSR count). The van der Waals surface area contributed by atoms with Crippen molar-refractivity contribution in [2.24, 2.45) is 10.9 Å². The van der Waals surface area contributed by atoms with Gasteiger partial charge in [0.05, 0.1) is 6.61 Å². The number of aliphatic imine (C=N–C) groups is 1. The van der Waals surface area contributed by atoms with Crippen LogP contribution in [-0.2, 0) is 11.3 Å². The van der Waals surface area contributed by atoms with Gasteiger partial charge in [-0.15, -0.1) is 0 Å². The Morgan fingerprint density at radius 2 is 2.12 bits per heavy atom. The number of likely N-dealkylation sites (tertiary alicyclic amines) is 1. The molecule has 1 aromatic rings. The van der Waals surface area contributed by atoms with Gasteiger partial charge < -0.3 is 20.3 Å². The van der Waals surface area contributed by atoms with Crippen LogP contribution in [0.5, 0.6) is 0 Å². The van der Waals surface area contributed by atoms with Crippen LogP contribution < -0.4 is 10.6 Å². The van der Waals surface area contributed by atoms with Crippen molar-refractivity contribution in [3.8, 4) is 0 Å². The molecule has 24 heavy (non-hydrogen) atoms. The molecule has 1 fully saturated rings. The molecule has 134 valence electrons. The van der Waals surface area contributed by atoms with Crippen molar-refractivity contribution in [2.45, 2.75) is 19.4 Å². The second-order valence-corrected chi connectivity index (χ2v) is 6.21. The number of guanidine groups is 1. The van der Waals surface area contributed by atoms with E-state index in [4.69, 9.17) is 4.74 Å². The molecule has 1 heterocycles. The summed E-state index contributed by atoms with van der Waals surface area (Å²) < 4.78 is 18.3. The third kappa shape index (κ3) is 6.45. The number of nitrogens with one attached hydrogen (secondary N) is 2. The summed E-state index contributed by atoms with van der Waals surface area (Å²) >= 11 is 0. The first-order valence-electron chi connectivity index (χ1n) is 8.61. The molecular formula is C18H29FN4O. The standard InChI is InChI=1S/C18H29FN4O/c1-20-18(22-14-16-4-3-5-17(19)12-16)21-13-15-6-8-23(9-7-15)10-11-24-2/h3-5,12,15H,6-11,13-14H2,1-2H3,(H2,20,21,22). The van der Waals surface area contributed by atoms with Crippen LogP contribution >= 0.6 is 0 Å². The summed E-state index contributed by atoms with van der Waals surface area (Å²) in [7, 11) is 3.51. The molecule has 0 radical (unpaired) electrons. The van der Waals surface area contributed by atoms with Crippen molar-refractivity contribution < 1.29 is 9.13 Å². The Bertz CT molecular complexity index is 515. The van der Waals surface area contributed by atoms with E-state index in [2.05, 4.69) is 20.5 Å². The van der Waals surface area contributed by atoms with Crippen LogP contribution in [0.25, 0.3) is 0 Å². The molecule has 1 aromatic carbocycles. The van der Waals surface area contributed by atoms with Crippen molar-refractivity contribution in [1.82, 2.24) is 15.5 Å². The average Bonchev–Trinajstić information content (AvgIpc) is 2.61. The average molecular weight is 336 g/mol. The van der Waals surface area contributed by atoms with Gasteiger partial charge in [0.15, 0.2) is 5.96 Å². The molecule has 1 aliphatic rings. The van der Waals surface area contributed by atoms with Gasteiger partial charge in [-0.1, -0.05) is 12.1 Å². The molecule has 2 N–H and O–H groups in total. The molecule has 1 aliphatic heterocycles. The number of methoxy groups -OCH3 is 1. The van der Waals surface area contributed by atoms with E-state index in [0.717, 1.165) is 44.3 Å². The summed E-state index contributed by atoms with van der Waals surface area (Å²) in [4.78, 5) is 6.69. The number of ether oxygens (including phenoxy) is 1. The minimum Gasteiger partial charge on any atom is -0.383 e. The number of hydrogen-bond donors (Lipinski definition) is 2. The lowest BCUT2D eigenvalue weighted by Gasteiger charge is -2.32. The quantitative estimate of drug-likeness (QED) is 0.589. The van der Waals surface area contributed by atoms with Crippen LogP contribution in [0.15, 0.2) is 29.3 Å². The summed E-state index contributed by atoms with van der Waals surface area (Å²) in [5.74, 6) is 1.22. The van der Waals surface area contributed by atoms with Gasteiger partial charge in [0.2, 0.25) is 0 Å². The molecule has 1 saturated heterocycles. The molecule has 0 aliphatic carbocycles. The molecule has 5 nitrogen and oxygen atoms in total. The van der Waals surface area contributed by atoms with Crippen molar-refractivity contribution in [1.29, 1.82) is 0 Å². The molecule has 0 spiro atoms. The third-order valence-electron chi connectivity index (χ3n) is 4.45. The Balaban J connectivity index is 1.67. The van der Waals surface area contributed by atoms with Gasteiger partial charge in [-0.3, -0.25) is 4.99 Å². The fourth-order valence-corrected chi connectivity index (χ4v) is 2.93. The van der Waals surface area contributed by atoms with Gasteiger partial charge in [-0.25, -0.2) is 4.39 Å². The molecule has 0 atom stereocenters. The topological polar surface area (TPSA) is 48.9 Å². The SMILES string of the molecule is CN=C(NCc1cccc(F)c1)NCC1CCN(CCOC)CC1. The number of nitrogens with zero attached hydrogens (tertiary/aromatic N) is 2. The first kappa shape index (κ1) is 18.7. The van der Waals surface area contributed by atoms with Gasteiger partial charge >= 0.3 is 0 Å². The Morgan fingerprint density at radius 3 is 2.79 bits per heavy atom. The zero-order valence-corrected chi connectivity index (χ0v) is 14.7. The summed E-state index contributed by atoms with van der Waals surface area (Å²) in [5.41, 5.74) is 0.907. The first-order chi connectivity index (χ1) is 11.7. The molecule has 6 heteroatoms. The van der Waals surface area contributed by atoms with E-state index < -0.39 is 0 Å². The second-order valence-electron chi connectivity index (χ2n) is 6.21. The van der Waals surface area contributed by atoms with Crippen LogP contribution in [0, 0.1) is 11.7 Å². The zero-order valence-electron chi connectivity index (χ0n) is 14.7. The second kappa shape index (κ2) is 10.3. The van der Waals surface area contributed by atoms with E-state index in [0.29, 0.717) is 12.5 Å². The minimum atomic E-state index is -0.211. The highest BCUT2D eigenvalue weighted by Gasteiger charge is 2.18. The molecule has 0 amide bonds. The Kier molecular flexibility index (Phi) is 7.98. The maximum absolute atomic E-state index is 13.2. The smallest absolute Gasteiger partial charge is 0.191 e. The van der Waals surface area contributed by atoms with Crippen molar-refractivity contribution in [3.63, 3.8) is 0 Å². The van der Waals surface area contributed by atoms with E-state index in [1.54, 1.807) is 20.2 Å². The number of benzene rings is 1. The fourth-order valence-electron chi connectivity index (χ4n) is 2.93. The van der Waals surface area contributed by atoms with Gasteiger partial charge in [-0.05, 0) is 49.5 Å². The highest BCUT2D eigenvalue weighted by molar-refractivity contribution is 5.79. The number of hydrogen-bond acceptors (Lipinski definition) is 3. The van der Waals surface area contributed by atoms with Crippen LogP contribution in [0.4, 0.5) is 4.39 Å². The van der Waals surface area contributed by atoms with Crippen molar-refractivity contribution >= 4 is 5.96 Å². The Labute approximate surface area is 144 Å². The van der Waals surface area contributed by atoms with Gasteiger partial charge in [0, 0.05) is 33.8 Å². The first-order valence-corrected chi connectivity index (χ1v) is 8.61. The maximum Gasteiger partial charge on any atom is 0.191 e. The predicted octanol–water partition coefficient (Wildman–Crippen LogP) is 1.85. The minimum absolute atomic E-state index is 0.211. The normalized spacial score (nSPS) is 17.0. The molecule has 0 aromatic heterocycles. The lowest BCUT2D eigenvalue weighted by atomic mass is 9.97. The highest BCUT2D eigenvalue weighted by Crippen LogP contribution is 2.15. The van der Waals surface area contributed by atoms with E-state index >= 15 is 0 Å². The molecule has 0 saturated carbocycles. The lowest BCUT2D eigenvalue weighted by Crippen LogP contribution is -2.43. The summed E-state index contributed by atoms with van der Waals surface area (Å²) in [5, 5.41) is 6.62. The fraction of sp³-hybridized carbons (Fsp3) is 0.611. The highest BCUT2D eigenvalue weighted by atomic mass is 19.1. The summed E-state index contributed by atoms with van der Waals surface area (Å²) in [6, 6.07) is 6.62. The van der Waals surface area contributed by atoms with Crippen molar-refractivity contribution in [3.05, 3.63) is 35.6 Å². The number of rotatable bonds is 7. The van der Waals surface area contributed by atoms with Crippen LogP contribution in [0.3, 0.4) is 0 Å². The summed E-state index contributed by atoms with van der Waals surface area (Å²) in [6.07, 6.45) is 2.38. The van der Waals surface area contributed by atoms with Crippen LogP contribution in [-0.4, -0.2) is 57.8 Å². The Hall–Kier alpha value is -1.66. The van der Waals surface area contributed by atoms with Gasteiger partial charge in [0.25, 0.3) is 0 Å². The van der Waals surface area contributed by atoms with Gasteiger partial charge in [0.1, 0.15) is 5.82 Å². The largest absolute Gasteiger partial charge is 0.383 e. The molecule has 0 bridgehead atoms. The lowest BCUT2D eigenvalue weighted by molar-refractivity contribution is 0.121. The van der Waals surface area contributed by atoms with E-state index in [1.165, 1.54) is 25.0 Å². The van der Waals surface area contributed by atoms with Crippen LogP contribution in [0.1, 0.15) is 18.4 Å². The Morgan fingerprint density at radius 1 is 1.33 bits per heavy atom. The number of halogens is 1.